The fraction of sp³-hybridized carbons (Fsp3) is 0.471. The molecule has 0 fully saturated rings. The van der Waals surface area contributed by atoms with Gasteiger partial charge in [0, 0.05) is 19.4 Å². The van der Waals surface area contributed by atoms with Gasteiger partial charge in [0.1, 0.15) is 5.82 Å². The molecule has 2 heterocycles. The van der Waals surface area contributed by atoms with Gasteiger partial charge in [0.15, 0.2) is 5.82 Å². The molecule has 4 rings (SSSR count). The van der Waals surface area contributed by atoms with Crippen LogP contribution >= 0.6 is 0 Å². The smallest absolute Gasteiger partial charge is 0.220 e. The zero-order chi connectivity index (χ0) is 14.9. The Morgan fingerprint density at radius 2 is 2.18 bits per heavy atom. The van der Waals surface area contributed by atoms with Gasteiger partial charge < -0.3 is 9.88 Å². The molecule has 1 N–H and O–H groups in total. The molecule has 1 aromatic carbocycles. The third-order valence-corrected chi connectivity index (χ3v) is 4.82. The van der Waals surface area contributed by atoms with Gasteiger partial charge in [-0.3, -0.25) is 4.79 Å². The second kappa shape index (κ2) is 5.55. The van der Waals surface area contributed by atoms with Crippen LogP contribution in [0.5, 0.6) is 0 Å². The van der Waals surface area contributed by atoms with E-state index < -0.39 is 0 Å². The number of amides is 1. The summed E-state index contributed by atoms with van der Waals surface area (Å²) in [5.41, 5.74) is 2.75. The molecular weight excluding hydrogens is 276 g/mol. The van der Waals surface area contributed by atoms with Gasteiger partial charge in [-0.2, -0.15) is 0 Å². The number of hydrogen-bond acceptors (Lipinski definition) is 3. The van der Waals surface area contributed by atoms with Crippen LogP contribution in [0.25, 0.3) is 0 Å². The SMILES string of the molecule is O=C(CC1CCc2ccccc21)NCc1nnc2n1CCC2. The summed E-state index contributed by atoms with van der Waals surface area (Å²) in [7, 11) is 0. The van der Waals surface area contributed by atoms with E-state index in [2.05, 4.69) is 44.3 Å². The summed E-state index contributed by atoms with van der Waals surface area (Å²) in [6, 6.07) is 8.47. The molecule has 1 amide bonds. The van der Waals surface area contributed by atoms with E-state index in [1.807, 2.05) is 0 Å². The number of nitrogens with zero attached hydrogens (tertiary/aromatic N) is 3. The zero-order valence-corrected chi connectivity index (χ0v) is 12.6. The predicted molar refractivity (Wildman–Crippen MR) is 82.3 cm³/mol. The average Bonchev–Trinajstić information content (AvgIpc) is 3.22. The van der Waals surface area contributed by atoms with Crippen molar-refractivity contribution in [2.75, 3.05) is 0 Å². The van der Waals surface area contributed by atoms with Crippen LogP contribution in [0.15, 0.2) is 24.3 Å². The number of hydrogen-bond donors (Lipinski definition) is 1. The van der Waals surface area contributed by atoms with Gasteiger partial charge in [-0.25, -0.2) is 0 Å². The van der Waals surface area contributed by atoms with E-state index in [1.165, 1.54) is 11.1 Å². The van der Waals surface area contributed by atoms with E-state index in [0.717, 1.165) is 43.9 Å². The van der Waals surface area contributed by atoms with Crippen molar-refractivity contribution in [1.82, 2.24) is 20.1 Å². The van der Waals surface area contributed by atoms with Crippen LogP contribution in [0.1, 0.15) is 48.0 Å². The fourth-order valence-corrected chi connectivity index (χ4v) is 3.67. The van der Waals surface area contributed by atoms with Gasteiger partial charge >= 0.3 is 0 Å². The average molecular weight is 296 g/mol. The van der Waals surface area contributed by atoms with Crippen LogP contribution in [-0.4, -0.2) is 20.7 Å². The molecule has 1 aromatic heterocycles. The summed E-state index contributed by atoms with van der Waals surface area (Å²) in [5.74, 6) is 2.40. The van der Waals surface area contributed by atoms with E-state index in [4.69, 9.17) is 0 Å². The Hall–Kier alpha value is -2.17. The second-order valence-electron chi connectivity index (χ2n) is 6.20. The molecule has 5 heteroatoms. The Morgan fingerprint density at radius 1 is 1.27 bits per heavy atom. The lowest BCUT2D eigenvalue weighted by atomic mass is 9.97. The Balaban J connectivity index is 1.36. The monoisotopic (exact) mass is 296 g/mol. The van der Waals surface area contributed by atoms with Gasteiger partial charge in [0.2, 0.25) is 5.91 Å². The highest BCUT2D eigenvalue weighted by atomic mass is 16.1. The van der Waals surface area contributed by atoms with Crippen molar-refractivity contribution in [3.63, 3.8) is 0 Å². The third-order valence-electron chi connectivity index (χ3n) is 4.82. The molecule has 114 valence electrons. The molecule has 2 aliphatic rings. The van der Waals surface area contributed by atoms with Crippen LogP contribution in [-0.2, 0) is 30.7 Å². The van der Waals surface area contributed by atoms with E-state index in [-0.39, 0.29) is 5.91 Å². The van der Waals surface area contributed by atoms with Gasteiger partial charge in [0.25, 0.3) is 0 Å². The first kappa shape index (κ1) is 13.5. The number of aromatic nitrogens is 3. The van der Waals surface area contributed by atoms with Gasteiger partial charge in [-0.15, -0.1) is 10.2 Å². The van der Waals surface area contributed by atoms with Crippen molar-refractivity contribution in [2.24, 2.45) is 0 Å². The first-order chi connectivity index (χ1) is 10.8. The summed E-state index contributed by atoms with van der Waals surface area (Å²) in [4.78, 5) is 12.2. The predicted octanol–water partition coefficient (Wildman–Crippen LogP) is 1.96. The summed E-state index contributed by atoms with van der Waals surface area (Å²) in [5, 5.41) is 11.4. The van der Waals surface area contributed by atoms with Crippen molar-refractivity contribution in [3.05, 3.63) is 47.0 Å². The van der Waals surface area contributed by atoms with E-state index in [9.17, 15) is 4.79 Å². The van der Waals surface area contributed by atoms with Crippen molar-refractivity contribution in [2.45, 2.75) is 51.1 Å². The van der Waals surface area contributed by atoms with Gasteiger partial charge in [0.05, 0.1) is 6.54 Å². The summed E-state index contributed by atoms with van der Waals surface area (Å²) in [6.07, 6.45) is 4.86. The Labute approximate surface area is 129 Å². The molecule has 0 saturated carbocycles. The van der Waals surface area contributed by atoms with Crippen LogP contribution in [0.4, 0.5) is 0 Å². The van der Waals surface area contributed by atoms with Crippen LogP contribution in [0.3, 0.4) is 0 Å². The molecule has 0 bridgehead atoms. The highest BCUT2D eigenvalue weighted by Gasteiger charge is 2.24. The molecule has 0 spiro atoms. The lowest BCUT2D eigenvalue weighted by Gasteiger charge is -2.11. The second-order valence-corrected chi connectivity index (χ2v) is 6.20. The van der Waals surface area contributed by atoms with Gasteiger partial charge in [-0.05, 0) is 36.3 Å². The number of aryl methyl sites for hydroxylation is 2. The number of fused-ring (bicyclic) bond motifs is 2. The summed E-state index contributed by atoms with van der Waals surface area (Å²) in [6.45, 7) is 1.46. The number of benzene rings is 1. The van der Waals surface area contributed by atoms with E-state index in [0.29, 0.717) is 18.9 Å². The van der Waals surface area contributed by atoms with Crippen LogP contribution < -0.4 is 5.32 Å². The Kier molecular flexibility index (Phi) is 3.41. The van der Waals surface area contributed by atoms with E-state index >= 15 is 0 Å². The zero-order valence-electron chi connectivity index (χ0n) is 12.6. The first-order valence-corrected chi connectivity index (χ1v) is 8.07. The first-order valence-electron chi connectivity index (χ1n) is 8.07. The molecule has 22 heavy (non-hydrogen) atoms. The number of carbonyl (C=O) groups excluding carboxylic acids is 1. The van der Waals surface area contributed by atoms with Crippen molar-refractivity contribution in [1.29, 1.82) is 0 Å². The minimum atomic E-state index is 0.108. The van der Waals surface area contributed by atoms with Crippen LogP contribution in [0.2, 0.25) is 0 Å². The maximum Gasteiger partial charge on any atom is 0.220 e. The largest absolute Gasteiger partial charge is 0.349 e. The Bertz CT molecular complexity index is 706. The molecule has 1 aliphatic carbocycles. The molecular formula is C17H20N4O. The lowest BCUT2D eigenvalue weighted by Crippen LogP contribution is -2.25. The molecule has 0 radical (unpaired) electrons. The lowest BCUT2D eigenvalue weighted by molar-refractivity contribution is -0.121. The third kappa shape index (κ3) is 2.40. The normalized spacial score (nSPS) is 19.0. The molecule has 0 saturated heterocycles. The minimum Gasteiger partial charge on any atom is -0.349 e. The van der Waals surface area contributed by atoms with Crippen LogP contribution in [0, 0.1) is 0 Å². The molecule has 5 nitrogen and oxygen atoms in total. The maximum absolute atomic E-state index is 12.2. The topological polar surface area (TPSA) is 59.8 Å². The van der Waals surface area contributed by atoms with Crippen molar-refractivity contribution < 1.29 is 4.79 Å². The summed E-state index contributed by atoms with van der Waals surface area (Å²) < 4.78 is 2.13. The number of carbonyl (C=O) groups is 1. The number of nitrogens with one attached hydrogen (secondary N) is 1. The van der Waals surface area contributed by atoms with Gasteiger partial charge in [-0.1, -0.05) is 24.3 Å². The minimum absolute atomic E-state index is 0.108. The highest BCUT2D eigenvalue weighted by Crippen LogP contribution is 2.35. The van der Waals surface area contributed by atoms with Crippen molar-refractivity contribution in [3.8, 4) is 0 Å². The molecule has 1 atom stereocenters. The van der Waals surface area contributed by atoms with E-state index in [1.54, 1.807) is 0 Å². The molecule has 2 aromatic rings. The maximum atomic E-state index is 12.2. The summed E-state index contributed by atoms with van der Waals surface area (Å²) >= 11 is 0. The molecule has 1 unspecified atom stereocenters. The Morgan fingerprint density at radius 3 is 3.14 bits per heavy atom. The van der Waals surface area contributed by atoms with Crippen molar-refractivity contribution >= 4 is 5.91 Å². The molecule has 1 aliphatic heterocycles. The fourth-order valence-electron chi connectivity index (χ4n) is 3.67. The number of rotatable bonds is 4. The standard InChI is InChI=1S/C17H20N4O/c22-17(10-13-8-7-12-4-1-2-5-14(12)13)18-11-16-20-19-15-6-3-9-21(15)16/h1-2,4-5,13H,3,6-11H2,(H,18,22). The quantitative estimate of drug-likeness (QED) is 0.938. The highest BCUT2D eigenvalue weighted by molar-refractivity contribution is 5.77.